The smallest absolute Gasteiger partial charge is 0.133 e. The summed E-state index contributed by atoms with van der Waals surface area (Å²) < 4.78 is 1.39. The topological polar surface area (TPSA) is 67.7 Å². The summed E-state index contributed by atoms with van der Waals surface area (Å²) in [5.74, 6) is 0.304. The van der Waals surface area contributed by atoms with Crippen molar-refractivity contribution in [2.24, 2.45) is 5.73 Å². The molecular weight excluding hydrogens is 128 g/mol. The summed E-state index contributed by atoms with van der Waals surface area (Å²) in [5, 5.41) is 7.28. The molecule has 1 aromatic heterocycles. The highest BCUT2D eigenvalue weighted by Gasteiger charge is 1.88. The van der Waals surface area contributed by atoms with Gasteiger partial charge < -0.3 is 5.73 Å². The van der Waals surface area contributed by atoms with E-state index in [1.165, 1.54) is 23.2 Å². The van der Waals surface area contributed by atoms with Gasteiger partial charge in [-0.3, -0.25) is 9.98 Å². The number of nitrogens with two attached hydrogens (primary N) is 1. The highest BCUT2D eigenvalue weighted by Crippen LogP contribution is 1.81. The lowest BCUT2D eigenvalue weighted by molar-refractivity contribution is 0.892. The van der Waals surface area contributed by atoms with Gasteiger partial charge in [0.05, 0.1) is 0 Å². The molecule has 1 rings (SSSR count). The minimum atomic E-state index is 0.280. The van der Waals surface area contributed by atoms with Crippen LogP contribution in [0.4, 0.5) is 0 Å². The van der Waals surface area contributed by atoms with Gasteiger partial charge in [0.15, 0.2) is 0 Å². The van der Waals surface area contributed by atoms with Crippen molar-refractivity contribution in [3.63, 3.8) is 0 Å². The SMILES string of the molecule is C=C(N)n1cnccc1=N. The van der Waals surface area contributed by atoms with Crippen LogP contribution in [0.2, 0.25) is 0 Å². The first-order chi connectivity index (χ1) is 4.72. The highest BCUT2D eigenvalue weighted by molar-refractivity contribution is 5.34. The van der Waals surface area contributed by atoms with Gasteiger partial charge >= 0.3 is 0 Å². The molecule has 0 aliphatic heterocycles. The van der Waals surface area contributed by atoms with Crippen molar-refractivity contribution in [2.75, 3.05) is 0 Å². The van der Waals surface area contributed by atoms with Gasteiger partial charge in [0.25, 0.3) is 0 Å². The summed E-state index contributed by atoms with van der Waals surface area (Å²) in [6.07, 6.45) is 2.98. The maximum absolute atomic E-state index is 7.28. The van der Waals surface area contributed by atoms with Gasteiger partial charge in [0.2, 0.25) is 0 Å². The molecule has 1 heterocycles. The van der Waals surface area contributed by atoms with Crippen molar-refractivity contribution >= 4 is 5.82 Å². The van der Waals surface area contributed by atoms with Crippen molar-refractivity contribution in [3.8, 4) is 0 Å². The standard InChI is InChI=1S/C6H8N4/c1-5(7)10-4-9-3-2-6(10)8/h2-4,8H,1,7H2. The fourth-order valence-corrected chi connectivity index (χ4v) is 0.590. The molecule has 0 saturated carbocycles. The molecule has 4 heteroatoms. The zero-order valence-electron chi connectivity index (χ0n) is 5.41. The molecule has 52 valence electrons. The van der Waals surface area contributed by atoms with Gasteiger partial charge in [0.1, 0.15) is 17.6 Å². The average Bonchev–Trinajstić information content (AvgIpc) is 1.88. The van der Waals surface area contributed by atoms with Crippen LogP contribution in [0, 0.1) is 5.41 Å². The molecule has 0 radical (unpaired) electrons. The Morgan fingerprint density at radius 1 is 1.80 bits per heavy atom. The third-order valence-corrected chi connectivity index (χ3v) is 1.07. The second-order valence-corrected chi connectivity index (χ2v) is 1.83. The maximum atomic E-state index is 7.28. The zero-order valence-corrected chi connectivity index (χ0v) is 5.41. The van der Waals surface area contributed by atoms with E-state index in [0.29, 0.717) is 5.82 Å². The molecular formula is C6H8N4. The van der Waals surface area contributed by atoms with Gasteiger partial charge in [-0.15, -0.1) is 0 Å². The first-order valence-electron chi connectivity index (χ1n) is 2.74. The van der Waals surface area contributed by atoms with E-state index in [4.69, 9.17) is 11.1 Å². The van der Waals surface area contributed by atoms with E-state index in [-0.39, 0.29) is 5.49 Å². The lowest BCUT2D eigenvalue weighted by Gasteiger charge is -2.01. The fraction of sp³-hybridized carbons (Fsp3) is 0. The van der Waals surface area contributed by atoms with Crippen LogP contribution in [0.15, 0.2) is 25.2 Å². The van der Waals surface area contributed by atoms with Crippen LogP contribution >= 0.6 is 0 Å². The Hall–Kier alpha value is -1.58. The van der Waals surface area contributed by atoms with Gasteiger partial charge in [-0.25, -0.2) is 4.98 Å². The molecule has 0 fully saturated rings. The van der Waals surface area contributed by atoms with E-state index in [1.54, 1.807) is 0 Å². The Labute approximate surface area is 58.1 Å². The monoisotopic (exact) mass is 136 g/mol. The Morgan fingerprint density at radius 3 is 2.90 bits per heavy atom. The van der Waals surface area contributed by atoms with Crippen molar-refractivity contribution in [1.29, 1.82) is 5.41 Å². The van der Waals surface area contributed by atoms with E-state index in [1.807, 2.05) is 0 Å². The fourth-order valence-electron chi connectivity index (χ4n) is 0.590. The molecule has 0 atom stereocenters. The molecule has 0 bridgehead atoms. The Kier molecular flexibility index (Phi) is 1.53. The predicted molar refractivity (Wildman–Crippen MR) is 37.6 cm³/mol. The average molecular weight is 136 g/mol. The highest BCUT2D eigenvalue weighted by atomic mass is 15.1. The minimum absolute atomic E-state index is 0.280. The first-order valence-corrected chi connectivity index (χ1v) is 2.74. The summed E-state index contributed by atoms with van der Waals surface area (Å²) in [6.45, 7) is 3.47. The van der Waals surface area contributed by atoms with Gasteiger partial charge in [0, 0.05) is 6.20 Å². The number of hydrogen-bond acceptors (Lipinski definition) is 3. The molecule has 3 N–H and O–H groups in total. The van der Waals surface area contributed by atoms with Crippen LogP contribution in [0.5, 0.6) is 0 Å². The zero-order chi connectivity index (χ0) is 7.56. The second kappa shape index (κ2) is 2.34. The molecule has 0 unspecified atom stereocenters. The van der Waals surface area contributed by atoms with E-state index in [0.717, 1.165) is 0 Å². The van der Waals surface area contributed by atoms with E-state index < -0.39 is 0 Å². The Bertz CT molecular complexity index is 299. The summed E-state index contributed by atoms with van der Waals surface area (Å²) in [7, 11) is 0. The van der Waals surface area contributed by atoms with Crippen LogP contribution in [-0.4, -0.2) is 9.55 Å². The third-order valence-electron chi connectivity index (χ3n) is 1.07. The first kappa shape index (κ1) is 6.54. The van der Waals surface area contributed by atoms with Crippen LogP contribution in [0.3, 0.4) is 0 Å². The molecule has 4 nitrogen and oxygen atoms in total. The van der Waals surface area contributed by atoms with Crippen LogP contribution in [-0.2, 0) is 0 Å². The number of aromatic nitrogens is 2. The Balaban J connectivity index is 3.29. The number of nitrogens with zero attached hydrogens (tertiary/aromatic N) is 2. The van der Waals surface area contributed by atoms with Crippen molar-refractivity contribution in [2.45, 2.75) is 0 Å². The normalized spacial score (nSPS) is 9.20. The van der Waals surface area contributed by atoms with Crippen LogP contribution in [0.1, 0.15) is 0 Å². The van der Waals surface area contributed by atoms with Crippen LogP contribution < -0.4 is 11.2 Å². The predicted octanol–water partition coefficient (Wildman–Crippen LogP) is -0.251. The summed E-state index contributed by atoms with van der Waals surface area (Å²) in [5.41, 5.74) is 5.60. The molecule has 0 aromatic carbocycles. The quantitative estimate of drug-likeness (QED) is 0.559. The molecule has 10 heavy (non-hydrogen) atoms. The van der Waals surface area contributed by atoms with E-state index in [9.17, 15) is 0 Å². The Morgan fingerprint density at radius 2 is 2.50 bits per heavy atom. The lowest BCUT2D eigenvalue weighted by atomic mass is 10.6. The second-order valence-electron chi connectivity index (χ2n) is 1.83. The molecule has 0 aliphatic carbocycles. The van der Waals surface area contributed by atoms with E-state index in [2.05, 4.69) is 11.6 Å². The maximum Gasteiger partial charge on any atom is 0.133 e. The largest absolute Gasteiger partial charge is 0.385 e. The lowest BCUT2D eigenvalue weighted by Crippen LogP contribution is -2.21. The molecule has 0 saturated heterocycles. The third kappa shape index (κ3) is 1.05. The van der Waals surface area contributed by atoms with Crippen molar-refractivity contribution in [3.05, 3.63) is 30.7 Å². The number of nitrogens with one attached hydrogen (secondary N) is 1. The summed E-state index contributed by atoms with van der Waals surface area (Å²) in [6, 6.07) is 1.54. The van der Waals surface area contributed by atoms with E-state index >= 15 is 0 Å². The molecule has 0 amide bonds. The van der Waals surface area contributed by atoms with Crippen molar-refractivity contribution in [1.82, 2.24) is 9.55 Å². The molecule has 0 spiro atoms. The number of rotatable bonds is 1. The molecule has 1 aromatic rings. The molecule has 0 aliphatic rings. The van der Waals surface area contributed by atoms with Crippen molar-refractivity contribution < 1.29 is 0 Å². The summed E-state index contributed by atoms with van der Waals surface area (Å²) in [4.78, 5) is 3.77. The van der Waals surface area contributed by atoms with Gasteiger partial charge in [-0.05, 0) is 6.07 Å². The van der Waals surface area contributed by atoms with Crippen LogP contribution in [0.25, 0.3) is 5.82 Å². The minimum Gasteiger partial charge on any atom is -0.385 e. The summed E-state index contributed by atoms with van der Waals surface area (Å²) >= 11 is 0. The van der Waals surface area contributed by atoms with Gasteiger partial charge in [-0.1, -0.05) is 6.58 Å². The van der Waals surface area contributed by atoms with Gasteiger partial charge in [-0.2, -0.15) is 0 Å². The number of hydrogen-bond donors (Lipinski definition) is 2.